The number of thiazole rings is 1. The van der Waals surface area contributed by atoms with Crippen LogP contribution in [0.4, 0.5) is 0 Å². The third-order valence-corrected chi connectivity index (χ3v) is 5.38. The fourth-order valence-corrected chi connectivity index (χ4v) is 3.90. The molecule has 2 aromatic heterocycles. The number of hydrogen-bond donors (Lipinski definition) is 0. The van der Waals surface area contributed by atoms with Crippen LogP contribution in [0.15, 0.2) is 35.9 Å². The molecule has 0 saturated heterocycles. The van der Waals surface area contributed by atoms with Gasteiger partial charge in [0.2, 0.25) is 0 Å². The first-order valence-corrected chi connectivity index (χ1v) is 9.65. The first kappa shape index (κ1) is 18.9. The Labute approximate surface area is 162 Å². The average Bonchev–Trinajstić information content (AvgIpc) is 3.20. The van der Waals surface area contributed by atoms with Crippen molar-refractivity contribution in [2.45, 2.75) is 40.3 Å². The average molecular weight is 379 g/mol. The maximum Gasteiger partial charge on any atom is 0.349 e. The SMILES string of the molecule is CCCn1c(C)cc(C=C(C#N)C(=O)OCc2nc3ccccc3s2)c1C. The Morgan fingerprint density at radius 1 is 1.37 bits per heavy atom. The molecule has 3 rings (SSSR count). The third kappa shape index (κ3) is 4.09. The summed E-state index contributed by atoms with van der Waals surface area (Å²) in [5.74, 6) is -0.628. The molecule has 5 nitrogen and oxygen atoms in total. The number of nitrogens with zero attached hydrogens (tertiary/aromatic N) is 3. The molecule has 1 aromatic carbocycles. The zero-order valence-corrected chi connectivity index (χ0v) is 16.5. The molecule has 0 spiro atoms. The number of esters is 1. The van der Waals surface area contributed by atoms with E-state index in [9.17, 15) is 10.1 Å². The number of nitriles is 1. The van der Waals surface area contributed by atoms with E-state index in [2.05, 4.69) is 16.5 Å². The molecule has 27 heavy (non-hydrogen) atoms. The molecular weight excluding hydrogens is 358 g/mol. The van der Waals surface area contributed by atoms with Crippen LogP contribution in [-0.4, -0.2) is 15.5 Å². The highest BCUT2D eigenvalue weighted by molar-refractivity contribution is 7.18. The van der Waals surface area contributed by atoms with Gasteiger partial charge in [-0.3, -0.25) is 0 Å². The standard InChI is InChI=1S/C21H21N3O2S/c1-4-9-24-14(2)10-16(15(24)3)11-17(12-22)21(25)26-13-20-23-18-7-5-6-8-19(18)27-20/h5-8,10-11H,4,9,13H2,1-3H3. The Morgan fingerprint density at radius 2 is 2.15 bits per heavy atom. The largest absolute Gasteiger partial charge is 0.454 e. The molecule has 0 bridgehead atoms. The fourth-order valence-electron chi connectivity index (χ4n) is 3.02. The van der Waals surface area contributed by atoms with Gasteiger partial charge in [0.05, 0.1) is 10.2 Å². The van der Waals surface area contributed by atoms with Crippen molar-refractivity contribution in [3.63, 3.8) is 0 Å². The van der Waals surface area contributed by atoms with E-state index in [1.807, 2.05) is 50.2 Å². The van der Waals surface area contributed by atoms with E-state index < -0.39 is 5.97 Å². The molecule has 0 aliphatic carbocycles. The van der Waals surface area contributed by atoms with Crippen molar-refractivity contribution in [2.24, 2.45) is 0 Å². The van der Waals surface area contributed by atoms with Crippen LogP contribution in [0.3, 0.4) is 0 Å². The minimum atomic E-state index is -0.628. The molecule has 0 aliphatic heterocycles. The van der Waals surface area contributed by atoms with Crippen molar-refractivity contribution in [2.75, 3.05) is 0 Å². The molecule has 0 aliphatic rings. The van der Waals surface area contributed by atoms with E-state index in [4.69, 9.17) is 4.74 Å². The van der Waals surface area contributed by atoms with Crippen LogP contribution in [0.5, 0.6) is 0 Å². The van der Waals surface area contributed by atoms with Crippen molar-refractivity contribution in [1.82, 2.24) is 9.55 Å². The number of carbonyl (C=O) groups is 1. The summed E-state index contributed by atoms with van der Waals surface area (Å²) in [6.45, 7) is 7.11. The number of carbonyl (C=O) groups excluding carboxylic acids is 1. The van der Waals surface area contributed by atoms with Gasteiger partial charge in [0.15, 0.2) is 0 Å². The highest BCUT2D eigenvalue weighted by Gasteiger charge is 2.15. The normalized spacial score (nSPS) is 11.6. The molecule has 0 fully saturated rings. The molecule has 0 N–H and O–H groups in total. The second kappa shape index (κ2) is 8.19. The van der Waals surface area contributed by atoms with Crippen LogP contribution in [0, 0.1) is 25.2 Å². The molecule has 3 aromatic rings. The minimum absolute atomic E-state index is 0.00661. The van der Waals surface area contributed by atoms with Gasteiger partial charge in [-0.1, -0.05) is 19.1 Å². The van der Waals surface area contributed by atoms with Gasteiger partial charge >= 0.3 is 5.97 Å². The lowest BCUT2D eigenvalue weighted by Gasteiger charge is -2.07. The van der Waals surface area contributed by atoms with Gasteiger partial charge in [0.25, 0.3) is 0 Å². The second-order valence-corrected chi connectivity index (χ2v) is 7.41. The number of rotatable bonds is 6. The highest BCUT2D eigenvalue weighted by Crippen LogP contribution is 2.23. The van der Waals surface area contributed by atoms with Gasteiger partial charge in [0.1, 0.15) is 23.3 Å². The molecule has 6 heteroatoms. The first-order valence-electron chi connectivity index (χ1n) is 8.83. The lowest BCUT2D eigenvalue weighted by atomic mass is 10.1. The van der Waals surface area contributed by atoms with Crippen LogP contribution < -0.4 is 0 Å². The Balaban J connectivity index is 1.75. The molecule has 2 heterocycles. The van der Waals surface area contributed by atoms with Crippen LogP contribution in [0.25, 0.3) is 16.3 Å². The van der Waals surface area contributed by atoms with E-state index in [0.717, 1.165) is 40.1 Å². The number of aryl methyl sites for hydroxylation is 1. The number of hydrogen-bond acceptors (Lipinski definition) is 5. The van der Waals surface area contributed by atoms with Crippen LogP contribution in [0.1, 0.15) is 35.3 Å². The summed E-state index contributed by atoms with van der Waals surface area (Å²) in [5.41, 5.74) is 3.90. The Kier molecular flexibility index (Phi) is 5.72. The smallest absolute Gasteiger partial charge is 0.349 e. The zero-order valence-electron chi connectivity index (χ0n) is 15.7. The Hall–Kier alpha value is -2.91. The summed E-state index contributed by atoms with van der Waals surface area (Å²) in [6.07, 6.45) is 2.63. The van der Waals surface area contributed by atoms with Crippen molar-refractivity contribution >= 4 is 33.6 Å². The summed E-state index contributed by atoms with van der Waals surface area (Å²) in [4.78, 5) is 16.8. The highest BCUT2D eigenvalue weighted by atomic mass is 32.1. The van der Waals surface area contributed by atoms with E-state index in [1.165, 1.54) is 11.3 Å². The Bertz CT molecular complexity index is 1020. The maximum absolute atomic E-state index is 12.4. The third-order valence-electron chi connectivity index (χ3n) is 4.37. The van der Waals surface area contributed by atoms with Crippen molar-refractivity contribution in [3.8, 4) is 6.07 Å². The lowest BCUT2D eigenvalue weighted by Crippen LogP contribution is -2.07. The first-order chi connectivity index (χ1) is 13.0. The number of benzene rings is 1. The van der Waals surface area contributed by atoms with Gasteiger partial charge in [0, 0.05) is 17.9 Å². The van der Waals surface area contributed by atoms with Crippen molar-refractivity contribution < 1.29 is 9.53 Å². The number of fused-ring (bicyclic) bond motifs is 1. The van der Waals surface area contributed by atoms with Crippen LogP contribution >= 0.6 is 11.3 Å². The molecule has 0 atom stereocenters. The quantitative estimate of drug-likeness (QED) is 0.351. The summed E-state index contributed by atoms with van der Waals surface area (Å²) in [6, 6.07) is 11.7. The minimum Gasteiger partial charge on any atom is -0.454 e. The van der Waals surface area contributed by atoms with Gasteiger partial charge in [-0.25, -0.2) is 9.78 Å². The zero-order chi connectivity index (χ0) is 19.4. The van der Waals surface area contributed by atoms with E-state index >= 15 is 0 Å². The van der Waals surface area contributed by atoms with Gasteiger partial charge in [-0.05, 0) is 50.1 Å². The monoisotopic (exact) mass is 379 g/mol. The number of aromatic nitrogens is 2. The van der Waals surface area contributed by atoms with Gasteiger partial charge in [-0.2, -0.15) is 5.26 Å². The molecular formula is C21H21N3O2S. The Morgan fingerprint density at radius 3 is 2.85 bits per heavy atom. The summed E-state index contributed by atoms with van der Waals surface area (Å²) < 4.78 is 8.55. The summed E-state index contributed by atoms with van der Waals surface area (Å²) >= 11 is 1.48. The lowest BCUT2D eigenvalue weighted by molar-refractivity contribution is -0.139. The van der Waals surface area contributed by atoms with Crippen LogP contribution in [0.2, 0.25) is 0 Å². The second-order valence-electron chi connectivity index (χ2n) is 6.30. The van der Waals surface area contributed by atoms with E-state index in [-0.39, 0.29) is 12.2 Å². The molecule has 138 valence electrons. The van der Waals surface area contributed by atoms with Crippen molar-refractivity contribution in [1.29, 1.82) is 5.26 Å². The molecule has 0 radical (unpaired) electrons. The molecule has 0 unspecified atom stereocenters. The predicted molar refractivity (Wildman–Crippen MR) is 107 cm³/mol. The molecule has 0 amide bonds. The summed E-state index contributed by atoms with van der Waals surface area (Å²) in [7, 11) is 0. The molecule has 0 saturated carbocycles. The number of ether oxygens (including phenoxy) is 1. The summed E-state index contributed by atoms with van der Waals surface area (Å²) in [5, 5.41) is 10.1. The van der Waals surface area contributed by atoms with Crippen LogP contribution in [-0.2, 0) is 22.7 Å². The predicted octanol–water partition coefficient (Wildman–Crippen LogP) is 4.78. The number of para-hydroxylation sites is 1. The van der Waals surface area contributed by atoms with Gasteiger partial charge in [-0.15, -0.1) is 11.3 Å². The van der Waals surface area contributed by atoms with Gasteiger partial charge < -0.3 is 9.30 Å². The van der Waals surface area contributed by atoms with Crippen molar-refractivity contribution in [3.05, 3.63) is 57.9 Å². The maximum atomic E-state index is 12.4. The fraction of sp³-hybridized carbons (Fsp3) is 0.286. The topological polar surface area (TPSA) is 67.9 Å². The van der Waals surface area contributed by atoms with E-state index in [1.54, 1.807) is 6.08 Å². The van der Waals surface area contributed by atoms with E-state index in [0.29, 0.717) is 5.01 Å².